The van der Waals surface area contributed by atoms with Gasteiger partial charge in [0.05, 0.1) is 17.4 Å². The summed E-state index contributed by atoms with van der Waals surface area (Å²) in [5, 5.41) is 3.54. The van der Waals surface area contributed by atoms with Gasteiger partial charge in [-0.05, 0) is 61.6 Å². The topological polar surface area (TPSA) is 59.2 Å². The molecule has 136 valence electrons. The minimum Gasteiger partial charge on any atom is -0.457 e. The number of nitrogens with one attached hydrogen (secondary N) is 2. The van der Waals surface area contributed by atoms with Gasteiger partial charge in [0.2, 0.25) is 0 Å². The molecule has 0 radical (unpaired) electrons. The Labute approximate surface area is 153 Å². The smallest absolute Gasteiger partial charge is 0.129 e. The van der Waals surface area contributed by atoms with Crippen molar-refractivity contribution in [2.75, 3.05) is 19.8 Å². The third-order valence-electron chi connectivity index (χ3n) is 4.95. The molecular weight excluding hydrogens is 326 g/mol. The number of ether oxygens (including phenoxy) is 2. The highest BCUT2D eigenvalue weighted by Crippen LogP contribution is 2.24. The van der Waals surface area contributed by atoms with Crippen molar-refractivity contribution in [2.24, 2.45) is 5.92 Å². The highest BCUT2D eigenvalue weighted by atomic mass is 16.5. The highest BCUT2D eigenvalue weighted by Gasteiger charge is 2.12. The van der Waals surface area contributed by atoms with Gasteiger partial charge in [0.15, 0.2) is 0 Å². The standard InChI is InChI=1S/C21H25N3O2/c1-3-18(26-19-5-6-20-21(13-19)24-15-23-20)4-2-17(1)14-22-10-7-16-8-11-25-12-9-16/h1-6,13,15-16,22H,7-12,14H2,(H,23,24). The second-order valence-corrected chi connectivity index (χ2v) is 6.85. The molecule has 4 rings (SSSR count). The molecule has 1 aliphatic heterocycles. The Morgan fingerprint density at radius 3 is 2.73 bits per heavy atom. The molecule has 2 N–H and O–H groups in total. The lowest BCUT2D eigenvalue weighted by molar-refractivity contribution is 0.0639. The Kier molecular flexibility index (Phi) is 5.47. The van der Waals surface area contributed by atoms with Gasteiger partial charge in [-0.25, -0.2) is 4.98 Å². The number of nitrogens with zero attached hydrogens (tertiary/aromatic N) is 1. The van der Waals surface area contributed by atoms with E-state index in [0.29, 0.717) is 0 Å². The first kappa shape index (κ1) is 17.1. The van der Waals surface area contributed by atoms with E-state index in [1.54, 1.807) is 6.33 Å². The number of hydrogen-bond donors (Lipinski definition) is 2. The van der Waals surface area contributed by atoms with E-state index in [0.717, 1.165) is 54.8 Å². The minimum atomic E-state index is 0.809. The molecule has 0 spiro atoms. The van der Waals surface area contributed by atoms with E-state index in [1.165, 1.54) is 24.8 Å². The van der Waals surface area contributed by atoms with E-state index >= 15 is 0 Å². The SMILES string of the molecule is c1nc2ccc(Oc3ccc(CNCCC4CCOCC4)cc3)cc2[nH]1. The quantitative estimate of drug-likeness (QED) is 0.625. The lowest BCUT2D eigenvalue weighted by Gasteiger charge is -2.21. The van der Waals surface area contributed by atoms with E-state index in [1.807, 2.05) is 30.3 Å². The summed E-state index contributed by atoms with van der Waals surface area (Å²) in [6.45, 7) is 3.82. The molecule has 5 nitrogen and oxygen atoms in total. The van der Waals surface area contributed by atoms with Crippen LogP contribution in [0, 0.1) is 5.92 Å². The third-order valence-corrected chi connectivity index (χ3v) is 4.95. The van der Waals surface area contributed by atoms with Gasteiger partial charge < -0.3 is 19.8 Å². The number of benzene rings is 2. The largest absolute Gasteiger partial charge is 0.457 e. The van der Waals surface area contributed by atoms with E-state index in [9.17, 15) is 0 Å². The van der Waals surface area contributed by atoms with Gasteiger partial charge in [0.1, 0.15) is 11.5 Å². The van der Waals surface area contributed by atoms with Crippen LogP contribution in [0.15, 0.2) is 48.8 Å². The molecule has 0 unspecified atom stereocenters. The van der Waals surface area contributed by atoms with Crippen LogP contribution in [-0.4, -0.2) is 29.7 Å². The number of aromatic amines is 1. The Balaban J connectivity index is 1.25. The van der Waals surface area contributed by atoms with Crippen LogP contribution in [0.2, 0.25) is 0 Å². The molecule has 1 fully saturated rings. The summed E-state index contributed by atoms with van der Waals surface area (Å²) in [5.74, 6) is 2.47. The average molecular weight is 351 g/mol. The van der Waals surface area contributed by atoms with Crippen molar-refractivity contribution < 1.29 is 9.47 Å². The van der Waals surface area contributed by atoms with E-state index in [-0.39, 0.29) is 0 Å². The fourth-order valence-corrected chi connectivity index (χ4v) is 3.36. The lowest BCUT2D eigenvalue weighted by atomic mass is 9.97. The number of fused-ring (bicyclic) bond motifs is 1. The Morgan fingerprint density at radius 1 is 1.08 bits per heavy atom. The average Bonchev–Trinajstić information content (AvgIpc) is 3.15. The predicted octanol–water partition coefficient (Wildman–Crippen LogP) is 4.26. The number of rotatable bonds is 7. The van der Waals surface area contributed by atoms with Crippen LogP contribution in [0.5, 0.6) is 11.5 Å². The van der Waals surface area contributed by atoms with Crippen LogP contribution in [0.4, 0.5) is 0 Å². The zero-order valence-electron chi connectivity index (χ0n) is 14.9. The van der Waals surface area contributed by atoms with Gasteiger partial charge in [-0.3, -0.25) is 0 Å². The van der Waals surface area contributed by atoms with Gasteiger partial charge in [-0.2, -0.15) is 0 Å². The number of imidazole rings is 1. The molecule has 0 bridgehead atoms. The Bertz CT molecular complexity index is 823. The molecule has 2 aromatic carbocycles. The first-order valence-corrected chi connectivity index (χ1v) is 9.35. The summed E-state index contributed by atoms with van der Waals surface area (Å²) in [5.41, 5.74) is 3.20. The molecule has 0 amide bonds. The lowest BCUT2D eigenvalue weighted by Crippen LogP contribution is -2.22. The first-order valence-electron chi connectivity index (χ1n) is 9.35. The van der Waals surface area contributed by atoms with Crippen molar-refractivity contribution in [3.63, 3.8) is 0 Å². The third kappa shape index (κ3) is 4.42. The number of hydrogen-bond acceptors (Lipinski definition) is 4. The maximum atomic E-state index is 5.94. The second kappa shape index (κ2) is 8.34. The Morgan fingerprint density at radius 2 is 1.88 bits per heavy atom. The molecule has 5 heteroatoms. The molecule has 0 saturated carbocycles. The molecule has 26 heavy (non-hydrogen) atoms. The summed E-state index contributed by atoms with van der Waals surface area (Å²) in [6, 6.07) is 14.1. The van der Waals surface area contributed by atoms with Gasteiger partial charge in [-0.1, -0.05) is 12.1 Å². The van der Waals surface area contributed by atoms with Crippen molar-refractivity contribution in [3.05, 3.63) is 54.4 Å². The zero-order chi connectivity index (χ0) is 17.6. The van der Waals surface area contributed by atoms with Crippen molar-refractivity contribution in [1.29, 1.82) is 0 Å². The minimum absolute atomic E-state index is 0.809. The van der Waals surface area contributed by atoms with Crippen LogP contribution in [0.1, 0.15) is 24.8 Å². The van der Waals surface area contributed by atoms with Crippen LogP contribution < -0.4 is 10.1 Å². The maximum absolute atomic E-state index is 5.94. The van der Waals surface area contributed by atoms with Crippen LogP contribution in [0.25, 0.3) is 11.0 Å². The molecule has 3 aromatic rings. The number of H-pyrrole nitrogens is 1. The summed E-state index contributed by atoms with van der Waals surface area (Å²) >= 11 is 0. The van der Waals surface area contributed by atoms with Gasteiger partial charge in [0.25, 0.3) is 0 Å². The fraction of sp³-hybridized carbons (Fsp3) is 0.381. The second-order valence-electron chi connectivity index (χ2n) is 6.85. The van der Waals surface area contributed by atoms with Gasteiger partial charge in [-0.15, -0.1) is 0 Å². The normalized spacial score (nSPS) is 15.4. The van der Waals surface area contributed by atoms with Crippen LogP contribution >= 0.6 is 0 Å². The van der Waals surface area contributed by atoms with Crippen molar-refractivity contribution in [3.8, 4) is 11.5 Å². The predicted molar refractivity (Wildman–Crippen MR) is 102 cm³/mol. The van der Waals surface area contributed by atoms with Crippen LogP contribution in [-0.2, 0) is 11.3 Å². The van der Waals surface area contributed by atoms with E-state index < -0.39 is 0 Å². The monoisotopic (exact) mass is 351 g/mol. The van der Waals surface area contributed by atoms with Gasteiger partial charge in [0, 0.05) is 25.8 Å². The molecule has 1 aromatic heterocycles. The van der Waals surface area contributed by atoms with Gasteiger partial charge >= 0.3 is 0 Å². The fourth-order valence-electron chi connectivity index (χ4n) is 3.36. The summed E-state index contributed by atoms with van der Waals surface area (Å²) in [4.78, 5) is 7.32. The zero-order valence-corrected chi connectivity index (χ0v) is 14.9. The molecule has 0 atom stereocenters. The van der Waals surface area contributed by atoms with Crippen molar-refractivity contribution >= 4 is 11.0 Å². The van der Waals surface area contributed by atoms with Crippen molar-refractivity contribution in [1.82, 2.24) is 15.3 Å². The summed E-state index contributed by atoms with van der Waals surface area (Å²) < 4.78 is 11.3. The molecule has 1 saturated heterocycles. The highest BCUT2D eigenvalue weighted by molar-refractivity contribution is 5.76. The first-order chi connectivity index (χ1) is 12.9. The van der Waals surface area contributed by atoms with E-state index in [2.05, 4.69) is 27.4 Å². The number of aromatic nitrogens is 2. The summed E-state index contributed by atoms with van der Waals surface area (Å²) in [6.07, 6.45) is 5.34. The molecule has 0 aliphatic carbocycles. The molecule has 2 heterocycles. The maximum Gasteiger partial charge on any atom is 0.129 e. The molecule has 1 aliphatic rings. The summed E-state index contributed by atoms with van der Waals surface area (Å²) in [7, 11) is 0. The van der Waals surface area contributed by atoms with E-state index in [4.69, 9.17) is 9.47 Å². The van der Waals surface area contributed by atoms with Crippen LogP contribution in [0.3, 0.4) is 0 Å². The molecular formula is C21H25N3O2. The van der Waals surface area contributed by atoms with Crippen molar-refractivity contribution in [2.45, 2.75) is 25.8 Å². The Hall–Kier alpha value is -2.37.